The number of benzene rings is 1. The van der Waals surface area contributed by atoms with Crippen molar-refractivity contribution in [3.8, 4) is 28.3 Å². The van der Waals surface area contributed by atoms with Crippen LogP contribution in [0.3, 0.4) is 0 Å². The van der Waals surface area contributed by atoms with Crippen LogP contribution in [0.15, 0.2) is 36.5 Å². The summed E-state index contributed by atoms with van der Waals surface area (Å²) in [5.74, 6) is 5.37. The number of fused-ring (bicyclic) bond motifs is 1. The predicted molar refractivity (Wildman–Crippen MR) is 160 cm³/mol. The minimum Gasteiger partial charge on any atom is -0.475 e. The first kappa shape index (κ1) is 29.0. The number of rotatable bonds is 8. The van der Waals surface area contributed by atoms with Crippen LogP contribution in [0.1, 0.15) is 63.3 Å². The fraction of sp³-hybridized carbons (Fsp3) is 0.323. The van der Waals surface area contributed by atoms with E-state index < -0.39 is 11.9 Å². The first-order chi connectivity index (χ1) is 21.3. The monoisotopic (exact) mass is 612 g/mol. The molecule has 1 unspecified atom stereocenters. The molecule has 3 N–H and O–H groups in total. The standard InChI is InChI=1S/C31H28N6O6S/c1-32-28(41)25-29(36-30(44-25)19-12-13-33-23(15-19)34-26(39)18-8-9-18)43-14-3-2-5-17-6-4-7-20-21(17)16-37(31(20)42)22-10-11-24(38)35-27(22)40/h4,6-7,12-13,15,18,22H,3,8-11,14,16H2,1H3,(H,32,41)(H,33,34,39)(H,35,38,40). The molecule has 2 aromatic heterocycles. The van der Waals surface area contributed by atoms with E-state index >= 15 is 0 Å². The minimum atomic E-state index is -0.695. The fourth-order valence-corrected chi connectivity index (χ4v) is 6.00. The number of nitrogens with zero attached hydrogens (tertiary/aromatic N) is 3. The Morgan fingerprint density at radius 1 is 1.18 bits per heavy atom. The predicted octanol–water partition coefficient (Wildman–Crippen LogP) is 2.49. The molecule has 1 atom stereocenters. The maximum absolute atomic E-state index is 13.1. The average molecular weight is 613 g/mol. The second-order valence-corrected chi connectivity index (χ2v) is 11.6. The summed E-state index contributed by atoms with van der Waals surface area (Å²) in [7, 11) is 1.53. The van der Waals surface area contributed by atoms with Crippen LogP contribution in [0.4, 0.5) is 5.82 Å². The molecule has 5 amide bonds. The molecule has 1 aromatic carbocycles. The lowest BCUT2D eigenvalue weighted by atomic mass is 10.0. The number of hydrogen-bond donors (Lipinski definition) is 3. The number of pyridine rings is 1. The van der Waals surface area contributed by atoms with E-state index in [0.29, 0.717) is 45.2 Å². The van der Waals surface area contributed by atoms with Crippen LogP contribution >= 0.6 is 11.3 Å². The highest BCUT2D eigenvalue weighted by atomic mass is 32.1. The van der Waals surface area contributed by atoms with E-state index in [0.717, 1.165) is 18.4 Å². The number of thiazole rings is 1. The molecule has 2 aliphatic heterocycles. The lowest BCUT2D eigenvalue weighted by molar-refractivity contribution is -0.137. The molecule has 1 aliphatic carbocycles. The molecule has 6 rings (SSSR count). The van der Waals surface area contributed by atoms with Crippen molar-refractivity contribution in [1.82, 2.24) is 25.5 Å². The Bertz CT molecular complexity index is 1750. The van der Waals surface area contributed by atoms with Crippen LogP contribution < -0.4 is 20.7 Å². The lowest BCUT2D eigenvalue weighted by Crippen LogP contribution is -2.52. The molecule has 44 heavy (non-hydrogen) atoms. The molecule has 3 aromatic rings. The van der Waals surface area contributed by atoms with Gasteiger partial charge in [0.05, 0.1) is 0 Å². The van der Waals surface area contributed by atoms with Crippen LogP contribution in [0.5, 0.6) is 5.88 Å². The summed E-state index contributed by atoms with van der Waals surface area (Å²) >= 11 is 1.17. The molecule has 224 valence electrons. The van der Waals surface area contributed by atoms with E-state index in [9.17, 15) is 24.0 Å². The van der Waals surface area contributed by atoms with Crippen LogP contribution in [0, 0.1) is 17.8 Å². The Morgan fingerprint density at radius 3 is 2.80 bits per heavy atom. The zero-order valence-electron chi connectivity index (χ0n) is 23.8. The number of aromatic nitrogens is 2. The van der Waals surface area contributed by atoms with Gasteiger partial charge in [0, 0.05) is 55.2 Å². The summed E-state index contributed by atoms with van der Waals surface area (Å²) in [5.41, 5.74) is 2.60. The third-order valence-corrected chi connectivity index (χ3v) is 8.59. The Balaban J connectivity index is 1.12. The van der Waals surface area contributed by atoms with Crippen LogP contribution in [-0.4, -0.2) is 64.1 Å². The second-order valence-electron chi connectivity index (χ2n) is 10.6. The Morgan fingerprint density at radius 2 is 2.02 bits per heavy atom. The van der Waals surface area contributed by atoms with Crippen molar-refractivity contribution in [2.75, 3.05) is 19.0 Å². The summed E-state index contributed by atoms with van der Waals surface area (Å²) < 4.78 is 5.88. The SMILES string of the molecule is CNC(=O)c1sc(-c2ccnc(NC(=O)C3CC3)c2)nc1OCCC#Cc1cccc2c1CN(C1CCC(=O)NC1=O)C2=O. The first-order valence-corrected chi connectivity index (χ1v) is 15.0. The van der Waals surface area contributed by atoms with Crippen LogP contribution in [0.2, 0.25) is 0 Å². The quantitative estimate of drug-likeness (QED) is 0.199. The van der Waals surface area contributed by atoms with Gasteiger partial charge in [-0.3, -0.25) is 29.3 Å². The summed E-state index contributed by atoms with van der Waals surface area (Å²) in [4.78, 5) is 72.2. The summed E-state index contributed by atoms with van der Waals surface area (Å²) in [6.45, 7) is 0.398. The molecule has 12 nitrogen and oxygen atoms in total. The van der Waals surface area contributed by atoms with Crippen molar-refractivity contribution < 1.29 is 28.7 Å². The Hall–Kier alpha value is -5.09. The zero-order chi connectivity index (χ0) is 30.8. The molecule has 13 heteroatoms. The molecule has 1 saturated heterocycles. The molecule has 2 fully saturated rings. The summed E-state index contributed by atoms with van der Waals surface area (Å²) in [6.07, 6.45) is 4.14. The smallest absolute Gasteiger partial charge is 0.266 e. The third kappa shape index (κ3) is 6.02. The molecular formula is C31H28N6O6S. The van der Waals surface area contributed by atoms with E-state index in [2.05, 4.69) is 37.8 Å². The van der Waals surface area contributed by atoms with E-state index in [1.54, 1.807) is 30.5 Å². The molecule has 0 radical (unpaired) electrons. The lowest BCUT2D eigenvalue weighted by Gasteiger charge is -2.29. The van der Waals surface area contributed by atoms with Gasteiger partial charge in [-0.15, -0.1) is 11.3 Å². The number of ether oxygens (including phenoxy) is 1. The number of piperidine rings is 1. The van der Waals surface area contributed by atoms with Gasteiger partial charge in [0.15, 0.2) is 4.88 Å². The maximum atomic E-state index is 13.1. The van der Waals surface area contributed by atoms with Gasteiger partial charge in [-0.05, 0) is 49.1 Å². The highest BCUT2D eigenvalue weighted by molar-refractivity contribution is 7.17. The molecule has 4 heterocycles. The molecule has 0 spiro atoms. The third-order valence-electron chi connectivity index (χ3n) is 7.51. The average Bonchev–Trinajstić information content (AvgIpc) is 3.71. The van der Waals surface area contributed by atoms with Crippen LogP contribution in [-0.2, 0) is 20.9 Å². The first-order valence-electron chi connectivity index (χ1n) is 14.2. The number of carbonyl (C=O) groups is 5. The van der Waals surface area contributed by atoms with Gasteiger partial charge in [-0.1, -0.05) is 17.9 Å². The van der Waals surface area contributed by atoms with Gasteiger partial charge in [-0.2, -0.15) is 0 Å². The molecular weight excluding hydrogens is 584 g/mol. The maximum Gasteiger partial charge on any atom is 0.266 e. The number of nitrogens with one attached hydrogen (secondary N) is 3. The zero-order valence-corrected chi connectivity index (χ0v) is 24.6. The normalized spacial score (nSPS) is 17.3. The second kappa shape index (κ2) is 12.3. The van der Waals surface area contributed by atoms with Gasteiger partial charge in [0.1, 0.15) is 23.5 Å². The Labute approximate surface area is 256 Å². The molecule has 3 aliphatic rings. The van der Waals surface area contributed by atoms with Gasteiger partial charge < -0.3 is 20.3 Å². The van der Waals surface area contributed by atoms with Gasteiger partial charge in [0.2, 0.25) is 23.6 Å². The number of imide groups is 1. The van der Waals surface area contributed by atoms with Crippen LogP contribution in [0.25, 0.3) is 10.6 Å². The van der Waals surface area contributed by atoms with E-state index in [-0.39, 0.29) is 55.0 Å². The number of hydrogen-bond acceptors (Lipinski definition) is 9. The molecule has 1 saturated carbocycles. The van der Waals surface area contributed by atoms with Crippen molar-refractivity contribution >= 4 is 46.7 Å². The van der Waals surface area contributed by atoms with Gasteiger partial charge in [-0.25, -0.2) is 9.97 Å². The minimum absolute atomic E-state index is 0.0427. The van der Waals surface area contributed by atoms with E-state index in [4.69, 9.17) is 4.74 Å². The number of amides is 5. The molecule has 0 bridgehead atoms. The van der Waals surface area contributed by atoms with Crippen molar-refractivity contribution in [3.05, 3.63) is 58.1 Å². The Kier molecular flexibility index (Phi) is 8.08. The van der Waals surface area contributed by atoms with Crippen molar-refractivity contribution in [2.45, 2.75) is 44.7 Å². The topological polar surface area (TPSA) is 160 Å². The van der Waals surface area contributed by atoms with Gasteiger partial charge >= 0.3 is 0 Å². The van der Waals surface area contributed by atoms with Crippen molar-refractivity contribution in [1.29, 1.82) is 0 Å². The van der Waals surface area contributed by atoms with Gasteiger partial charge in [0.25, 0.3) is 11.8 Å². The summed E-state index contributed by atoms with van der Waals surface area (Å²) in [6, 6.07) is 8.05. The highest BCUT2D eigenvalue weighted by Crippen LogP contribution is 2.34. The highest BCUT2D eigenvalue weighted by Gasteiger charge is 2.39. The number of carbonyl (C=O) groups excluding carboxylic acids is 5. The van der Waals surface area contributed by atoms with E-state index in [1.165, 1.54) is 23.3 Å². The largest absolute Gasteiger partial charge is 0.475 e. The fourth-order valence-electron chi connectivity index (χ4n) is 5.05. The summed E-state index contributed by atoms with van der Waals surface area (Å²) in [5, 5.41) is 8.28. The number of anilines is 1. The van der Waals surface area contributed by atoms with Crippen molar-refractivity contribution in [2.24, 2.45) is 5.92 Å². The van der Waals surface area contributed by atoms with Crippen molar-refractivity contribution in [3.63, 3.8) is 0 Å². The van der Waals surface area contributed by atoms with E-state index in [1.807, 2.05) is 6.07 Å².